The van der Waals surface area contributed by atoms with E-state index in [-0.39, 0.29) is 16.8 Å². The van der Waals surface area contributed by atoms with Crippen LogP contribution in [-0.2, 0) is 28.9 Å². The van der Waals surface area contributed by atoms with Crippen LogP contribution in [0, 0.1) is 0 Å². The second-order valence-electron chi connectivity index (χ2n) is 9.97. The van der Waals surface area contributed by atoms with Crippen LogP contribution in [0.15, 0.2) is 90.6 Å². The van der Waals surface area contributed by atoms with Gasteiger partial charge in [0, 0.05) is 11.8 Å². The molecule has 3 aromatic rings. The Morgan fingerprint density at radius 2 is 1.55 bits per heavy atom. The molecule has 10 nitrogen and oxygen atoms in total. The van der Waals surface area contributed by atoms with E-state index in [2.05, 4.69) is 4.98 Å². The lowest BCUT2D eigenvalue weighted by atomic mass is 9.91. The fraction of sp³-hybridized carbons (Fsp3) is 0.241. The first-order chi connectivity index (χ1) is 19.1. The van der Waals surface area contributed by atoms with Crippen LogP contribution < -0.4 is 5.73 Å². The summed E-state index contributed by atoms with van der Waals surface area (Å²) < 4.78 is 37.0. The molecule has 3 heterocycles. The Bertz CT molecular complexity index is 1550. The molecule has 2 aliphatic heterocycles. The van der Waals surface area contributed by atoms with E-state index in [1.54, 1.807) is 42.5 Å². The average molecular weight is 562 g/mol. The molecule has 2 fully saturated rings. The summed E-state index contributed by atoms with van der Waals surface area (Å²) >= 11 is 0. The number of rotatable bonds is 7. The number of benzene rings is 2. The Kier molecular flexibility index (Phi) is 6.92. The molecule has 2 atom stereocenters. The standard InChI is InChI=1S/C29H27N3O7S/c1-29(2)24(27(34)39-23(18-11-5-3-6-12-18)19-13-7-4-8-14-19)32-25(33)22(26(32)40(29,36)37)20(17-38-28(30)35)21-15-9-10-16-31-21/h3-16,23-24,26H,17H2,1-2H3,(H2,30,35)/b22-20-/t24-,26+/m0/s1. The Morgan fingerprint density at radius 3 is 2.08 bits per heavy atom. The molecule has 0 bridgehead atoms. The normalized spacial score (nSPS) is 21.8. The first-order valence-electron chi connectivity index (χ1n) is 12.5. The Labute approximate surface area is 231 Å². The minimum absolute atomic E-state index is 0.102. The molecule has 2 N–H and O–H groups in total. The lowest BCUT2D eigenvalue weighted by Crippen LogP contribution is -2.59. The summed E-state index contributed by atoms with van der Waals surface area (Å²) in [6, 6.07) is 21.5. The number of β-lactam (4-membered cyclic amide) rings is 1. The molecule has 11 heteroatoms. The number of aromatic nitrogens is 1. The molecular weight excluding hydrogens is 534 g/mol. The van der Waals surface area contributed by atoms with E-state index in [4.69, 9.17) is 15.2 Å². The highest BCUT2D eigenvalue weighted by atomic mass is 32.2. The molecule has 2 aliphatic rings. The lowest BCUT2D eigenvalue weighted by molar-refractivity contribution is -0.160. The molecule has 2 amide bonds. The zero-order chi connectivity index (χ0) is 28.7. The van der Waals surface area contributed by atoms with Crippen LogP contribution in [0.4, 0.5) is 4.79 Å². The van der Waals surface area contributed by atoms with Crippen molar-refractivity contribution in [3.05, 3.63) is 107 Å². The van der Waals surface area contributed by atoms with Crippen molar-refractivity contribution in [2.24, 2.45) is 5.73 Å². The second kappa shape index (κ2) is 10.2. The van der Waals surface area contributed by atoms with E-state index in [0.717, 1.165) is 4.90 Å². The fourth-order valence-corrected chi connectivity index (χ4v) is 7.34. The number of ether oxygens (including phenoxy) is 2. The highest BCUT2D eigenvalue weighted by Crippen LogP contribution is 2.51. The van der Waals surface area contributed by atoms with Gasteiger partial charge in [0.05, 0.1) is 11.3 Å². The van der Waals surface area contributed by atoms with E-state index in [9.17, 15) is 22.8 Å². The van der Waals surface area contributed by atoms with E-state index in [1.807, 2.05) is 36.4 Å². The summed E-state index contributed by atoms with van der Waals surface area (Å²) in [5.41, 5.74) is 6.75. The molecule has 0 unspecified atom stereocenters. The van der Waals surface area contributed by atoms with Gasteiger partial charge in [-0.2, -0.15) is 0 Å². The van der Waals surface area contributed by atoms with Crippen LogP contribution >= 0.6 is 0 Å². The van der Waals surface area contributed by atoms with Gasteiger partial charge in [-0.3, -0.25) is 9.78 Å². The Morgan fingerprint density at radius 1 is 0.975 bits per heavy atom. The van der Waals surface area contributed by atoms with Gasteiger partial charge in [-0.25, -0.2) is 18.0 Å². The lowest BCUT2D eigenvalue weighted by Gasteiger charge is -2.40. The van der Waals surface area contributed by atoms with Crippen molar-refractivity contribution in [3.8, 4) is 0 Å². The molecule has 2 aromatic carbocycles. The molecular formula is C29H27N3O7S. The van der Waals surface area contributed by atoms with Gasteiger partial charge in [0.1, 0.15) is 11.4 Å². The van der Waals surface area contributed by atoms with E-state index in [1.165, 1.54) is 20.0 Å². The predicted octanol–water partition coefficient (Wildman–Crippen LogP) is 3.01. The summed E-state index contributed by atoms with van der Waals surface area (Å²) in [4.78, 5) is 44.0. The SMILES string of the molecule is CC1(C)[C@H](C(=O)OC(c2ccccc2)c2ccccc2)N2C(=O)/C(=C(\COC(N)=O)c3ccccn3)[C@H]2S1(=O)=O. The number of nitrogens with two attached hydrogens (primary N) is 1. The van der Waals surface area contributed by atoms with Gasteiger partial charge in [0.15, 0.2) is 27.4 Å². The molecule has 0 aliphatic carbocycles. The number of pyridine rings is 1. The van der Waals surface area contributed by atoms with E-state index >= 15 is 0 Å². The molecule has 40 heavy (non-hydrogen) atoms. The fourth-order valence-electron chi connectivity index (χ4n) is 5.17. The smallest absolute Gasteiger partial charge is 0.404 e. The van der Waals surface area contributed by atoms with Gasteiger partial charge in [-0.05, 0) is 37.1 Å². The maximum Gasteiger partial charge on any atom is 0.404 e. The number of hydrogen-bond acceptors (Lipinski definition) is 8. The number of amides is 2. The Balaban J connectivity index is 1.55. The van der Waals surface area contributed by atoms with Crippen molar-refractivity contribution in [2.45, 2.75) is 36.1 Å². The number of carbonyl (C=O) groups is 3. The van der Waals surface area contributed by atoms with E-state index in [0.29, 0.717) is 11.1 Å². The molecule has 0 spiro atoms. The van der Waals surface area contributed by atoms with Gasteiger partial charge < -0.3 is 20.1 Å². The van der Waals surface area contributed by atoms with Gasteiger partial charge in [-0.15, -0.1) is 0 Å². The topological polar surface area (TPSA) is 146 Å². The second-order valence-corrected chi connectivity index (χ2v) is 12.6. The van der Waals surface area contributed by atoms with Crippen LogP contribution in [0.3, 0.4) is 0 Å². The van der Waals surface area contributed by atoms with Gasteiger partial charge >= 0.3 is 12.1 Å². The number of primary amides is 1. The van der Waals surface area contributed by atoms with Crippen molar-refractivity contribution in [3.63, 3.8) is 0 Å². The minimum atomic E-state index is -4.15. The molecule has 0 saturated carbocycles. The number of carbonyl (C=O) groups excluding carboxylic acids is 3. The monoisotopic (exact) mass is 561 g/mol. The molecule has 2 saturated heterocycles. The number of sulfone groups is 1. The minimum Gasteiger partial charge on any atom is -0.451 e. The van der Waals surface area contributed by atoms with Gasteiger partial charge in [0.2, 0.25) is 0 Å². The van der Waals surface area contributed by atoms with Gasteiger partial charge in [0.25, 0.3) is 5.91 Å². The van der Waals surface area contributed by atoms with Crippen molar-refractivity contribution in [1.82, 2.24) is 9.88 Å². The summed E-state index contributed by atoms with van der Waals surface area (Å²) in [6.07, 6.45) is -0.463. The number of nitrogens with zero attached hydrogens (tertiary/aromatic N) is 2. The quantitative estimate of drug-likeness (QED) is 0.263. The van der Waals surface area contributed by atoms with E-state index < -0.39 is 56.7 Å². The van der Waals surface area contributed by atoms with Crippen LogP contribution in [0.25, 0.3) is 5.57 Å². The zero-order valence-corrected chi connectivity index (χ0v) is 22.6. The van der Waals surface area contributed by atoms with Crippen LogP contribution in [0.1, 0.15) is 36.8 Å². The first kappa shape index (κ1) is 27.1. The summed E-state index contributed by atoms with van der Waals surface area (Å²) in [6.45, 7) is 2.34. The van der Waals surface area contributed by atoms with Gasteiger partial charge in [-0.1, -0.05) is 66.7 Å². The maximum atomic E-state index is 13.9. The maximum absolute atomic E-state index is 13.9. The largest absolute Gasteiger partial charge is 0.451 e. The third-order valence-corrected chi connectivity index (χ3v) is 9.99. The summed E-state index contributed by atoms with van der Waals surface area (Å²) in [7, 11) is -4.15. The van der Waals surface area contributed by atoms with Crippen molar-refractivity contribution in [1.29, 1.82) is 0 Å². The molecule has 1 aromatic heterocycles. The van der Waals surface area contributed by atoms with Crippen LogP contribution in [-0.4, -0.2) is 59.0 Å². The van der Waals surface area contributed by atoms with Crippen molar-refractivity contribution >= 4 is 33.4 Å². The first-order valence-corrected chi connectivity index (χ1v) is 14.0. The summed E-state index contributed by atoms with van der Waals surface area (Å²) in [5.74, 6) is -1.54. The van der Waals surface area contributed by atoms with Crippen LogP contribution in [0.5, 0.6) is 0 Å². The highest BCUT2D eigenvalue weighted by molar-refractivity contribution is 7.94. The Hall–Kier alpha value is -4.51. The van der Waals surface area contributed by atoms with Crippen molar-refractivity contribution < 1.29 is 32.3 Å². The van der Waals surface area contributed by atoms with Crippen LogP contribution in [0.2, 0.25) is 0 Å². The predicted molar refractivity (Wildman–Crippen MR) is 145 cm³/mol. The molecule has 0 radical (unpaired) electrons. The zero-order valence-electron chi connectivity index (χ0n) is 21.8. The number of esters is 1. The number of fused-ring (bicyclic) bond motifs is 1. The molecule has 206 valence electrons. The third-order valence-electron chi connectivity index (χ3n) is 7.25. The average Bonchev–Trinajstić information content (AvgIpc) is 3.09. The third kappa shape index (κ3) is 4.41. The highest BCUT2D eigenvalue weighted by Gasteiger charge is 2.71. The summed E-state index contributed by atoms with van der Waals surface area (Å²) in [5, 5.41) is -1.45. The number of hydrogen-bond donors (Lipinski definition) is 1. The molecule has 5 rings (SSSR count). The van der Waals surface area contributed by atoms with Crippen molar-refractivity contribution in [2.75, 3.05) is 6.61 Å².